The van der Waals surface area contributed by atoms with E-state index in [1.165, 1.54) is 25.3 Å². The maximum absolute atomic E-state index is 13.4. The molecule has 1 N–H and O–H groups in total. The summed E-state index contributed by atoms with van der Waals surface area (Å²) in [5.74, 6) is -0.104. The van der Waals surface area contributed by atoms with Crippen molar-refractivity contribution in [3.63, 3.8) is 0 Å². The van der Waals surface area contributed by atoms with Crippen LogP contribution in [0.2, 0.25) is 5.02 Å². The van der Waals surface area contributed by atoms with Crippen molar-refractivity contribution >= 4 is 45.2 Å². The molecule has 5 nitrogen and oxygen atoms in total. The first-order valence-electron chi connectivity index (χ1n) is 9.74. The van der Waals surface area contributed by atoms with Crippen LogP contribution in [0.15, 0.2) is 64.6 Å². The minimum atomic E-state index is -0.569. The summed E-state index contributed by atoms with van der Waals surface area (Å²) in [6.45, 7) is 1.96. The third kappa shape index (κ3) is 6.35. The fourth-order valence-corrected chi connectivity index (χ4v) is 3.55. The average Bonchev–Trinajstić information content (AvgIpc) is 2.79. The lowest BCUT2D eigenvalue weighted by molar-refractivity contribution is -0.112. The van der Waals surface area contributed by atoms with Gasteiger partial charge < -0.3 is 14.8 Å². The van der Waals surface area contributed by atoms with Gasteiger partial charge in [-0.3, -0.25) is 4.79 Å². The summed E-state index contributed by atoms with van der Waals surface area (Å²) in [7, 11) is 1.48. The van der Waals surface area contributed by atoms with Crippen molar-refractivity contribution in [2.24, 2.45) is 0 Å². The van der Waals surface area contributed by atoms with Crippen LogP contribution >= 0.6 is 27.5 Å². The highest BCUT2D eigenvalue weighted by molar-refractivity contribution is 9.10. The van der Waals surface area contributed by atoms with E-state index in [1.54, 1.807) is 42.5 Å². The first kappa shape index (κ1) is 24.3. The third-order valence-electron chi connectivity index (χ3n) is 4.68. The number of benzene rings is 3. The van der Waals surface area contributed by atoms with Crippen LogP contribution in [-0.2, 0) is 11.4 Å². The number of halogens is 3. The van der Waals surface area contributed by atoms with Gasteiger partial charge in [0.25, 0.3) is 5.91 Å². The molecule has 0 aromatic heterocycles. The lowest BCUT2D eigenvalue weighted by atomic mass is 10.1. The lowest BCUT2D eigenvalue weighted by Gasteiger charge is -2.13. The molecule has 0 saturated carbocycles. The zero-order valence-electron chi connectivity index (χ0n) is 17.8. The SMILES string of the molecule is COc1cc(/C=C(\C#N)C(=O)Nc2cc(Cl)ccc2C)c(Br)cc1OCc1cccc(F)c1. The van der Waals surface area contributed by atoms with E-state index in [0.717, 1.165) is 5.56 Å². The Labute approximate surface area is 204 Å². The molecule has 3 rings (SSSR count). The number of nitriles is 1. The van der Waals surface area contributed by atoms with Crippen LogP contribution in [-0.4, -0.2) is 13.0 Å². The third-order valence-corrected chi connectivity index (χ3v) is 5.60. The van der Waals surface area contributed by atoms with Crippen molar-refractivity contribution in [2.45, 2.75) is 13.5 Å². The molecular weight excluding hydrogens is 511 g/mol. The van der Waals surface area contributed by atoms with Crippen LogP contribution in [0, 0.1) is 24.1 Å². The molecule has 0 bridgehead atoms. The molecular formula is C25H19BrClFN2O3. The number of carbonyl (C=O) groups is 1. The molecule has 0 spiro atoms. The molecule has 0 atom stereocenters. The number of rotatable bonds is 7. The standard InChI is InChI=1S/C25H19BrClFN2O3/c1-15-6-7-19(27)11-22(15)30-25(31)18(13-29)9-17-10-23(32-2)24(12-21(17)26)33-14-16-4-3-5-20(28)8-16/h3-12H,14H2,1-2H3,(H,30,31)/b18-9+. The second-order valence-corrected chi connectivity index (χ2v) is 8.32. The maximum Gasteiger partial charge on any atom is 0.266 e. The minimum Gasteiger partial charge on any atom is -0.493 e. The number of carbonyl (C=O) groups excluding carboxylic acids is 1. The van der Waals surface area contributed by atoms with Gasteiger partial charge in [-0.25, -0.2) is 4.39 Å². The zero-order valence-corrected chi connectivity index (χ0v) is 20.1. The first-order chi connectivity index (χ1) is 15.8. The van der Waals surface area contributed by atoms with Gasteiger partial charge in [-0.15, -0.1) is 0 Å². The van der Waals surface area contributed by atoms with Crippen LogP contribution in [0.4, 0.5) is 10.1 Å². The molecule has 0 heterocycles. The number of hydrogen-bond donors (Lipinski definition) is 1. The second kappa shape index (κ2) is 11.0. The fraction of sp³-hybridized carbons (Fsp3) is 0.120. The van der Waals surface area contributed by atoms with Gasteiger partial charge in [-0.05, 0) is 66.1 Å². The van der Waals surface area contributed by atoms with Crippen LogP contribution in [0.1, 0.15) is 16.7 Å². The van der Waals surface area contributed by atoms with Crippen LogP contribution < -0.4 is 14.8 Å². The monoisotopic (exact) mass is 528 g/mol. The Morgan fingerprint density at radius 1 is 1.21 bits per heavy atom. The van der Waals surface area contributed by atoms with Crippen molar-refractivity contribution < 1.29 is 18.7 Å². The predicted molar refractivity (Wildman–Crippen MR) is 130 cm³/mol. The molecule has 3 aromatic rings. The van der Waals surface area contributed by atoms with Gasteiger partial charge in [0, 0.05) is 15.2 Å². The molecule has 168 valence electrons. The van der Waals surface area contributed by atoms with E-state index < -0.39 is 5.91 Å². The molecule has 1 amide bonds. The van der Waals surface area contributed by atoms with Crippen molar-refractivity contribution in [1.29, 1.82) is 5.26 Å². The molecule has 0 unspecified atom stereocenters. The number of methoxy groups -OCH3 is 1. The summed E-state index contributed by atoms with van der Waals surface area (Å²) in [4.78, 5) is 12.7. The van der Waals surface area contributed by atoms with E-state index in [0.29, 0.717) is 37.8 Å². The first-order valence-corrected chi connectivity index (χ1v) is 10.9. The van der Waals surface area contributed by atoms with Gasteiger partial charge in [-0.2, -0.15) is 5.26 Å². The highest BCUT2D eigenvalue weighted by Gasteiger charge is 2.15. The molecule has 0 radical (unpaired) electrons. The molecule has 0 aliphatic rings. The highest BCUT2D eigenvalue weighted by Crippen LogP contribution is 2.35. The van der Waals surface area contributed by atoms with Crippen LogP contribution in [0.3, 0.4) is 0 Å². The summed E-state index contributed by atoms with van der Waals surface area (Å²) in [5.41, 5.74) is 2.43. The smallest absolute Gasteiger partial charge is 0.266 e. The molecule has 0 aliphatic carbocycles. The lowest BCUT2D eigenvalue weighted by Crippen LogP contribution is -2.14. The van der Waals surface area contributed by atoms with E-state index in [2.05, 4.69) is 21.2 Å². The van der Waals surface area contributed by atoms with Gasteiger partial charge >= 0.3 is 0 Å². The summed E-state index contributed by atoms with van der Waals surface area (Å²) in [6, 6.07) is 16.4. The van der Waals surface area contributed by atoms with E-state index >= 15 is 0 Å². The number of amides is 1. The number of nitrogens with zero attached hydrogens (tertiary/aromatic N) is 1. The van der Waals surface area contributed by atoms with E-state index in [1.807, 2.05) is 13.0 Å². The number of ether oxygens (including phenoxy) is 2. The Balaban J connectivity index is 1.84. The van der Waals surface area contributed by atoms with Crippen molar-refractivity contribution in [3.05, 3.63) is 92.2 Å². The second-order valence-electron chi connectivity index (χ2n) is 7.03. The maximum atomic E-state index is 13.4. The molecule has 0 fully saturated rings. The number of hydrogen-bond acceptors (Lipinski definition) is 4. The predicted octanol–water partition coefficient (Wildman–Crippen LogP) is 6.68. The fourth-order valence-electron chi connectivity index (χ4n) is 2.94. The Morgan fingerprint density at radius 3 is 2.70 bits per heavy atom. The summed E-state index contributed by atoms with van der Waals surface area (Å²) < 4.78 is 25.2. The van der Waals surface area contributed by atoms with Crippen LogP contribution in [0.5, 0.6) is 11.5 Å². The molecule has 33 heavy (non-hydrogen) atoms. The highest BCUT2D eigenvalue weighted by atomic mass is 79.9. The van der Waals surface area contributed by atoms with E-state index in [9.17, 15) is 14.4 Å². The van der Waals surface area contributed by atoms with Gasteiger partial charge in [0.2, 0.25) is 0 Å². The number of aryl methyl sites for hydroxylation is 1. The molecule has 8 heteroatoms. The molecule has 0 aliphatic heterocycles. The van der Waals surface area contributed by atoms with Gasteiger partial charge in [0.15, 0.2) is 11.5 Å². The van der Waals surface area contributed by atoms with Gasteiger partial charge in [0.05, 0.1) is 7.11 Å². The molecule has 0 saturated heterocycles. The zero-order chi connectivity index (χ0) is 24.0. The Morgan fingerprint density at radius 2 is 2.00 bits per heavy atom. The van der Waals surface area contributed by atoms with Gasteiger partial charge in [0.1, 0.15) is 24.1 Å². The van der Waals surface area contributed by atoms with E-state index in [4.69, 9.17) is 21.1 Å². The average molecular weight is 530 g/mol. The Bertz CT molecular complexity index is 1270. The Kier molecular flexibility index (Phi) is 8.10. The number of nitrogens with one attached hydrogen (secondary N) is 1. The summed E-state index contributed by atoms with van der Waals surface area (Å²) in [6.07, 6.45) is 1.44. The Hall–Kier alpha value is -3.34. The number of anilines is 1. The van der Waals surface area contributed by atoms with Crippen molar-refractivity contribution in [1.82, 2.24) is 0 Å². The quantitative estimate of drug-likeness (QED) is 0.274. The molecule has 3 aromatic carbocycles. The van der Waals surface area contributed by atoms with Crippen molar-refractivity contribution in [3.8, 4) is 17.6 Å². The van der Waals surface area contributed by atoms with Crippen molar-refractivity contribution in [2.75, 3.05) is 12.4 Å². The van der Waals surface area contributed by atoms with E-state index in [-0.39, 0.29) is 18.0 Å². The van der Waals surface area contributed by atoms with Crippen LogP contribution in [0.25, 0.3) is 6.08 Å². The normalized spacial score (nSPS) is 11.0. The van der Waals surface area contributed by atoms with Gasteiger partial charge in [-0.1, -0.05) is 45.7 Å². The minimum absolute atomic E-state index is 0.106. The largest absolute Gasteiger partial charge is 0.493 e. The summed E-state index contributed by atoms with van der Waals surface area (Å²) in [5, 5.41) is 12.7. The topological polar surface area (TPSA) is 71.3 Å². The summed E-state index contributed by atoms with van der Waals surface area (Å²) >= 11 is 9.45.